The van der Waals surface area contributed by atoms with Gasteiger partial charge in [0.05, 0.1) is 6.04 Å². The van der Waals surface area contributed by atoms with Crippen molar-refractivity contribution in [2.75, 3.05) is 0 Å². The largest absolute Gasteiger partial charge is 0.352 e. The van der Waals surface area contributed by atoms with Crippen molar-refractivity contribution in [2.45, 2.75) is 52.7 Å². The van der Waals surface area contributed by atoms with E-state index in [1.54, 1.807) is 0 Å². The Hall–Kier alpha value is -1.22. The van der Waals surface area contributed by atoms with Gasteiger partial charge in [0, 0.05) is 0 Å². The molecule has 2 rings (SSSR count). The lowest BCUT2D eigenvalue weighted by Gasteiger charge is -2.34. The van der Waals surface area contributed by atoms with Crippen LogP contribution in [-0.2, 0) is 0 Å². The molecule has 0 aromatic carbocycles. The fraction of sp³-hybridized carbons (Fsp3) is 0.571. The fourth-order valence-corrected chi connectivity index (χ4v) is 2.55. The van der Waals surface area contributed by atoms with Gasteiger partial charge in [-0.1, -0.05) is 23.8 Å². The van der Waals surface area contributed by atoms with E-state index < -0.39 is 0 Å². The molecule has 94 valence electrons. The zero-order valence-electron chi connectivity index (χ0n) is 11.5. The molecular formula is C14H23N3. The van der Waals surface area contributed by atoms with Gasteiger partial charge in [-0.2, -0.15) is 0 Å². The van der Waals surface area contributed by atoms with Crippen LogP contribution in [0.1, 0.15) is 41.0 Å². The summed E-state index contributed by atoms with van der Waals surface area (Å²) in [4.78, 5) is 0. The maximum atomic E-state index is 4.09. The summed E-state index contributed by atoms with van der Waals surface area (Å²) in [6, 6.07) is 0.375. The van der Waals surface area contributed by atoms with Gasteiger partial charge in [-0.25, -0.2) is 5.43 Å². The molecule has 1 saturated heterocycles. The lowest BCUT2D eigenvalue weighted by molar-refractivity contribution is 0.188. The molecule has 2 aliphatic rings. The molecule has 1 fully saturated rings. The number of rotatable bonds is 1. The smallest absolute Gasteiger partial charge is 0.110 e. The summed E-state index contributed by atoms with van der Waals surface area (Å²) >= 11 is 0. The minimum absolute atomic E-state index is 0.110. The summed E-state index contributed by atoms with van der Waals surface area (Å²) in [5.41, 5.74) is 7.61. The first kappa shape index (κ1) is 12.2. The van der Waals surface area contributed by atoms with Crippen LogP contribution < -0.4 is 10.7 Å². The van der Waals surface area contributed by atoms with E-state index in [0.717, 1.165) is 12.2 Å². The topological polar surface area (TPSA) is 27.3 Å². The highest BCUT2D eigenvalue weighted by atomic mass is 15.7. The van der Waals surface area contributed by atoms with Crippen molar-refractivity contribution in [1.82, 2.24) is 15.8 Å². The Labute approximate surface area is 104 Å². The molecule has 17 heavy (non-hydrogen) atoms. The van der Waals surface area contributed by atoms with Gasteiger partial charge in [0.1, 0.15) is 11.5 Å². The third-order valence-corrected chi connectivity index (χ3v) is 3.60. The standard InChI is InChI=1S/C14H23N3/c1-9-7-11(3)13(8-10(9)2)17-12(4)15-14(5,6)16-17/h7,13,15-16H,4,8H2,1-3,5-6H3. The summed E-state index contributed by atoms with van der Waals surface area (Å²) in [6.07, 6.45) is 3.35. The third kappa shape index (κ3) is 2.25. The summed E-state index contributed by atoms with van der Waals surface area (Å²) < 4.78 is 0. The second-order valence-electron chi connectivity index (χ2n) is 5.75. The van der Waals surface area contributed by atoms with Gasteiger partial charge in [0.15, 0.2) is 0 Å². The number of hydrogen-bond acceptors (Lipinski definition) is 3. The molecule has 0 spiro atoms. The Kier molecular flexibility index (Phi) is 2.82. The Bertz CT molecular complexity index is 415. The van der Waals surface area contributed by atoms with E-state index in [1.807, 2.05) is 0 Å². The summed E-state index contributed by atoms with van der Waals surface area (Å²) in [7, 11) is 0. The molecule has 3 heteroatoms. The average Bonchev–Trinajstić information content (AvgIpc) is 2.46. The number of hydrogen-bond donors (Lipinski definition) is 2. The molecule has 2 N–H and O–H groups in total. The van der Waals surface area contributed by atoms with Gasteiger partial charge in [-0.3, -0.25) is 5.01 Å². The Balaban J connectivity index is 2.21. The zero-order valence-corrected chi connectivity index (χ0v) is 11.5. The number of nitrogens with zero attached hydrogens (tertiary/aromatic N) is 1. The normalized spacial score (nSPS) is 28.3. The number of allylic oxidation sites excluding steroid dienone is 2. The maximum Gasteiger partial charge on any atom is 0.110 e. The molecule has 3 nitrogen and oxygen atoms in total. The van der Waals surface area contributed by atoms with Crippen molar-refractivity contribution in [2.24, 2.45) is 0 Å². The van der Waals surface area contributed by atoms with E-state index in [2.05, 4.69) is 63.0 Å². The monoisotopic (exact) mass is 233 g/mol. The molecular weight excluding hydrogens is 210 g/mol. The van der Waals surface area contributed by atoms with Crippen LogP contribution in [0.3, 0.4) is 0 Å². The Morgan fingerprint density at radius 3 is 2.53 bits per heavy atom. The number of nitrogens with one attached hydrogen (secondary N) is 2. The van der Waals surface area contributed by atoms with Crippen molar-refractivity contribution in [3.63, 3.8) is 0 Å². The zero-order chi connectivity index (χ0) is 12.8. The van der Waals surface area contributed by atoms with Crippen LogP contribution in [0.5, 0.6) is 0 Å². The highest BCUT2D eigenvalue weighted by Crippen LogP contribution is 2.30. The molecule has 1 heterocycles. The highest BCUT2D eigenvalue weighted by molar-refractivity contribution is 5.35. The predicted molar refractivity (Wildman–Crippen MR) is 71.9 cm³/mol. The van der Waals surface area contributed by atoms with Gasteiger partial charge in [-0.05, 0) is 46.6 Å². The van der Waals surface area contributed by atoms with Crippen LogP contribution >= 0.6 is 0 Å². The fourth-order valence-electron chi connectivity index (χ4n) is 2.55. The SMILES string of the molecule is C=C1NC(C)(C)NN1C1CC(C)=C(C)C=C1C. The van der Waals surface area contributed by atoms with Crippen molar-refractivity contribution in [3.05, 3.63) is 35.2 Å². The molecule has 1 aliphatic heterocycles. The van der Waals surface area contributed by atoms with Crippen LogP contribution in [0.2, 0.25) is 0 Å². The Morgan fingerprint density at radius 1 is 1.35 bits per heavy atom. The van der Waals surface area contributed by atoms with Crippen LogP contribution in [0.25, 0.3) is 0 Å². The van der Waals surface area contributed by atoms with E-state index in [-0.39, 0.29) is 5.66 Å². The first-order valence-corrected chi connectivity index (χ1v) is 6.19. The van der Waals surface area contributed by atoms with Crippen molar-refractivity contribution in [3.8, 4) is 0 Å². The van der Waals surface area contributed by atoms with Crippen molar-refractivity contribution >= 4 is 0 Å². The first-order chi connectivity index (χ1) is 7.80. The summed E-state index contributed by atoms with van der Waals surface area (Å²) in [6.45, 7) is 14.9. The maximum absolute atomic E-state index is 4.09. The number of hydrazine groups is 1. The average molecular weight is 233 g/mol. The summed E-state index contributed by atoms with van der Waals surface area (Å²) in [5, 5.41) is 5.53. The summed E-state index contributed by atoms with van der Waals surface area (Å²) in [5.74, 6) is 0.958. The van der Waals surface area contributed by atoms with Crippen LogP contribution in [0.15, 0.2) is 35.2 Å². The second kappa shape index (κ2) is 3.91. The first-order valence-electron chi connectivity index (χ1n) is 6.19. The van der Waals surface area contributed by atoms with Crippen molar-refractivity contribution in [1.29, 1.82) is 0 Å². The van der Waals surface area contributed by atoms with Gasteiger partial charge < -0.3 is 5.32 Å². The molecule has 1 unspecified atom stereocenters. The molecule has 0 radical (unpaired) electrons. The molecule has 1 aliphatic carbocycles. The molecule has 0 aromatic heterocycles. The van der Waals surface area contributed by atoms with E-state index in [4.69, 9.17) is 0 Å². The van der Waals surface area contributed by atoms with Crippen molar-refractivity contribution < 1.29 is 0 Å². The molecule has 0 amide bonds. The Morgan fingerprint density at radius 2 is 2.00 bits per heavy atom. The van der Waals surface area contributed by atoms with Gasteiger partial charge in [-0.15, -0.1) is 0 Å². The predicted octanol–water partition coefficient (Wildman–Crippen LogP) is 2.66. The lowest BCUT2D eigenvalue weighted by atomic mass is 9.90. The molecule has 0 saturated carbocycles. The van der Waals surface area contributed by atoms with E-state index in [1.165, 1.54) is 16.7 Å². The van der Waals surface area contributed by atoms with Gasteiger partial charge >= 0.3 is 0 Å². The van der Waals surface area contributed by atoms with E-state index >= 15 is 0 Å². The third-order valence-electron chi connectivity index (χ3n) is 3.60. The van der Waals surface area contributed by atoms with E-state index in [0.29, 0.717) is 6.04 Å². The highest BCUT2D eigenvalue weighted by Gasteiger charge is 2.35. The molecule has 1 atom stereocenters. The van der Waals surface area contributed by atoms with Gasteiger partial charge in [0.25, 0.3) is 0 Å². The minimum Gasteiger partial charge on any atom is -0.352 e. The minimum atomic E-state index is -0.110. The van der Waals surface area contributed by atoms with Gasteiger partial charge in [0.2, 0.25) is 0 Å². The lowest BCUT2D eigenvalue weighted by Crippen LogP contribution is -2.49. The molecule has 0 bridgehead atoms. The van der Waals surface area contributed by atoms with E-state index in [9.17, 15) is 0 Å². The van der Waals surface area contributed by atoms with Crippen LogP contribution in [0.4, 0.5) is 0 Å². The second-order valence-corrected chi connectivity index (χ2v) is 5.75. The van der Waals surface area contributed by atoms with Crippen LogP contribution in [-0.4, -0.2) is 16.7 Å². The molecule has 0 aromatic rings. The quantitative estimate of drug-likeness (QED) is 0.729. The van der Waals surface area contributed by atoms with Crippen LogP contribution in [0, 0.1) is 0 Å².